The van der Waals surface area contributed by atoms with Crippen LogP contribution < -0.4 is 10.6 Å². The van der Waals surface area contributed by atoms with E-state index in [2.05, 4.69) is 25.9 Å². The zero-order chi connectivity index (χ0) is 12.9. The van der Waals surface area contributed by atoms with Crippen molar-refractivity contribution in [2.45, 2.75) is 0 Å². The quantitative estimate of drug-likeness (QED) is 0.775. The molecule has 18 heavy (non-hydrogen) atoms. The topological polar surface area (TPSA) is 65.5 Å². The normalized spacial score (nSPS) is 13.6. The maximum absolute atomic E-state index is 11.9. The van der Waals surface area contributed by atoms with Crippen LogP contribution in [0.1, 0.15) is 4.88 Å². The number of thiazole rings is 1. The molecule has 1 aromatic heterocycles. The van der Waals surface area contributed by atoms with Gasteiger partial charge in [-0.15, -0.1) is 11.3 Å². The third kappa shape index (κ3) is 1.75. The molecule has 0 spiro atoms. The Kier molecular flexibility index (Phi) is 2.69. The second kappa shape index (κ2) is 4.11. The number of hydrogen-bond donors (Lipinski definition) is 2. The average molecular weight is 341 g/mol. The Morgan fingerprint density at radius 2 is 2.22 bits per heavy atom. The predicted octanol–water partition coefficient (Wildman–Crippen LogP) is 1.63. The van der Waals surface area contributed by atoms with Gasteiger partial charge in [0.1, 0.15) is 4.88 Å². The Bertz CT molecular complexity index is 851. The maximum Gasteiger partial charge on any atom is 0.279 e. The van der Waals surface area contributed by atoms with E-state index in [1.54, 1.807) is 12.1 Å². The summed E-state index contributed by atoms with van der Waals surface area (Å²) in [5, 5.41) is 11.1. The van der Waals surface area contributed by atoms with E-state index < -0.39 is 0 Å². The van der Waals surface area contributed by atoms with E-state index in [0.717, 1.165) is 15.8 Å². The zero-order valence-corrected chi connectivity index (χ0v) is 11.9. The number of fused-ring (bicyclic) bond motifs is 1. The molecule has 0 atom stereocenters. The number of aromatic nitrogens is 1. The SMILES string of the molecule is O=C1N=c2ccc(Br)cc2=C1c1sc(=S)[nH]c1O. The van der Waals surface area contributed by atoms with Crippen molar-refractivity contribution in [1.29, 1.82) is 0 Å². The highest BCUT2D eigenvalue weighted by Crippen LogP contribution is 2.29. The smallest absolute Gasteiger partial charge is 0.279 e. The van der Waals surface area contributed by atoms with Gasteiger partial charge in [0.25, 0.3) is 5.91 Å². The van der Waals surface area contributed by atoms with Crippen LogP contribution in [0.25, 0.3) is 5.57 Å². The molecule has 0 radical (unpaired) electrons. The minimum Gasteiger partial charge on any atom is -0.494 e. The summed E-state index contributed by atoms with van der Waals surface area (Å²) in [7, 11) is 0. The van der Waals surface area contributed by atoms with Gasteiger partial charge in [0, 0.05) is 9.69 Å². The lowest BCUT2D eigenvalue weighted by Gasteiger charge is -1.96. The van der Waals surface area contributed by atoms with Gasteiger partial charge < -0.3 is 10.1 Å². The minimum absolute atomic E-state index is 0.0867. The van der Waals surface area contributed by atoms with Gasteiger partial charge in [-0.3, -0.25) is 4.79 Å². The summed E-state index contributed by atoms with van der Waals surface area (Å²) in [6.45, 7) is 0. The van der Waals surface area contributed by atoms with Crippen molar-refractivity contribution in [2.75, 3.05) is 0 Å². The second-order valence-electron chi connectivity index (χ2n) is 3.65. The lowest BCUT2D eigenvalue weighted by Crippen LogP contribution is -2.22. The first kappa shape index (κ1) is 11.8. The molecule has 2 aromatic rings. The maximum atomic E-state index is 11.9. The van der Waals surface area contributed by atoms with Crippen molar-refractivity contribution in [1.82, 2.24) is 4.98 Å². The molecule has 0 saturated carbocycles. The van der Waals surface area contributed by atoms with Gasteiger partial charge in [0.05, 0.1) is 10.9 Å². The van der Waals surface area contributed by atoms with Crippen molar-refractivity contribution < 1.29 is 9.90 Å². The second-order valence-corrected chi connectivity index (χ2v) is 6.25. The number of benzene rings is 1. The Morgan fingerprint density at radius 3 is 2.89 bits per heavy atom. The van der Waals surface area contributed by atoms with Gasteiger partial charge in [-0.05, 0) is 30.4 Å². The first-order chi connectivity index (χ1) is 8.56. The monoisotopic (exact) mass is 340 g/mol. The number of amides is 1. The Hall–Kier alpha value is -1.31. The molecular formula is C11H5BrN2O2S2. The number of halogens is 1. The van der Waals surface area contributed by atoms with Crippen LogP contribution in [0, 0.1) is 3.95 Å². The fourth-order valence-corrected chi connectivity index (χ4v) is 3.28. The number of carbonyl (C=O) groups is 1. The Morgan fingerprint density at radius 1 is 1.44 bits per heavy atom. The number of H-pyrrole nitrogens is 1. The van der Waals surface area contributed by atoms with E-state index in [1.807, 2.05) is 6.07 Å². The third-order valence-corrected chi connectivity index (χ3v) is 4.26. The van der Waals surface area contributed by atoms with E-state index in [1.165, 1.54) is 0 Å². The molecule has 1 aliphatic rings. The van der Waals surface area contributed by atoms with E-state index >= 15 is 0 Å². The number of aromatic amines is 1. The summed E-state index contributed by atoms with van der Waals surface area (Å²) in [4.78, 5) is 18.9. The Labute approximate surface area is 118 Å². The van der Waals surface area contributed by atoms with Crippen LogP contribution in [-0.4, -0.2) is 16.0 Å². The van der Waals surface area contributed by atoms with Crippen LogP contribution in [0.2, 0.25) is 0 Å². The number of nitrogens with one attached hydrogen (secondary N) is 1. The van der Waals surface area contributed by atoms with Crippen molar-refractivity contribution >= 4 is 51.0 Å². The first-order valence-corrected chi connectivity index (χ1v) is 6.93. The van der Waals surface area contributed by atoms with Crippen molar-refractivity contribution in [3.05, 3.63) is 42.1 Å². The summed E-state index contributed by atoms with van der Waals surface area (Å²) >= 11 is 9.47. The fraction of sp³-hybridized carbons (Fsp3) is 0. The third-order valence-electron chi connectivity index (χ3n) is 2.52. The number of aromatic hydroxyl groups is 1. The molecule has 7 heteroatoms. The van der Waals surface area contributed by atoms with Crippen molar-refractivity contribution in [2.24, 2.45) is 4.99 Å². The highest BCUT2D eigenvalue weighted by atomic mass is 79.9. The summed E-state index contributed by atoms with van der Waals surface area (Å²) in [5.41, 5.74) is 0.390. The zero-order valence-electron chi connectivity index (χ0n) is 8.73. The number of rotatable bonds is 1. The Balaban J connectivity index is 2.45. The van der Waals surface area contributed by atoms with Gasteiger partial charge in [0.15, 0.2) is 3.95 Å². The lowest BCUT2D eigenvalue weighted by molar-refractivity contribution is -0.112. The highest BCUT2D eigenvalue weighted by Gasteiger charge is 2.23. The van der Waals surface area contributed by atoms with Gasteiger partial charge in [-0.25, -0.2) is 4.99 Å². The standard InChI is InChI=1S/C11H5BrN2O2S2/c12-4-1-2-6-5(3-4)7(9(15)13-6)8-10(16)14-11(17)18-8/h1-3,16H,(H,14,17). The molecular weight excluding hydrogens is 336 g/mol. The van der Waals surface area contributed by atoms with Gasteiger partial charge in [-0.2, -0.15) is 0 Å². The first-order valence-electron chi connectivity index (χ1n) is 4.91. The van der Waals surface area contributed by atoms with E-state index in [9.17, 15) is 9.90 Å². The molecule has 4 nitrogen and oxygen atoms in total. The number of carbonyl (C=O) groups excluding carboxylic acids is 1. The molecule has 0 aliphatic carbocycles. The van der Waals surface area contributed by atoms with Gasteiger partial charge >= 0.3 is 0 Å². The molecule has 2 N–H and O–H groups in total. The van der Waals surface area contributed by atoms with Crippen LogP contribution in [0.4, 0.5) is 0 Å². The summed E-state index contributed by atoms with van der Waals surface area (Å²) < 4.78 is 1.27. The van der Waals surface area contributed by atoms with Gasteiger partial charge in [-0.1, -0.05) is 15.9 Å². The predicted molar refractivity (Wildman–Crippen MR) is 73.6 cm³/mol. The molecule has 1 aromatic carbocycles. The van der Waals surface area contributed by atoms with Crippen LogP contribution in [0.5, 0.6) is 5.88 Å². The number of hydrogen-bond acceptors (Lipinski definition) is 4. The van der Waals surface area contributed by atoms with E-state index in [0.29, 0.717) is 25.0 Å². The molecule has 0 bridgehead atoms. The summed E-state index contributed by atoms with van der Waals surface area (Å²) in [6, 6.07) is 5.38. The van der Waals surface area contributed by atoms with Crippen LogP contribution in [0.3, 0.4) is 0 Å². The molecule has 1 aliphatic heterocycles. The minimum atomic E-state index is -0.358. The van der Waals surface area contributed by atoms with E-state index in [4.69, 9.17) is 12.2 Å². The summed E-state index contributed by atoms with van der Waals surface area (Å²) in [5.74, 6) is -0.444. The van der Waals surface area contributed by atoms with Crippen LogP contribution >= 0.6 is 39.5 Å². The fourth-order valence-electron chi connectivity index (χ4n) is 1.80. The van der Waals surface area contributed by atoms with Crippen molar-refractivity contribution in [3.63, 3.8) is 0 Å². The summed E-state index contributed by atoms with van der Waals surface area (Å²) in [6.07, 6.45) is 0. The molecule has 0 unspecified atom stereocenters. The van der Waals surface area contributed by atoms with E-state index in [-0.39, 0.29) is 11.8 Å². The highest BCUT2D eigenvalue weighted by molar-refractivity contribution is 9.10. The largest absolute Gasteiger partial charge is 0.494 e. The van der Waals surface area contributed by atoms with Crippen LogP contribution in [-0.2, 0) is 4.79 Å². The van der Waals surface area contributed by atoms with Crippen molar-refractivity contribution in [3.8, 4) is 5.88 Å². The lowest BCUT2D eigenvalue weighted by atomic mass is 10.1. The van der Waals surface area contributed by atoms with Crippen LogP contribution in [0.15, 0.2) is 27.7 Å². The number of nitrogens with zero attached hydrogens (tertiary/aromatic N) is 1. The molecule has 0 fully saturated rings. The average Bonchev–Trinajstić information content (AvgIpc) is 2.77. The molecule has 2 heterocycles. The molecule has 1 amide bonds. The molecule has 3 rings (SSSR count). The molecule has 0 saturated heterocycles. The molecule has 90 valence electrons. The van der Waals surface area contributed by atoms with Gasteiger partial charge in [0.2, 0.25) is 5.88 Å².